The maximum Gasteiger partial charge on any atom is 0.326 e. The molecule has 1 amide bonds. The number of amides is 1. The molecule has 1 aliphatic heterocycles. The minimum Gasteiger partial charge on any atom is -0.480 e. The van der Waals surface area contributed by atoms with Crippen LogP contribution in [0.2, 0.25) is 5.02 Å². The molecule has 1 atom stereocenters. The SMILES string of the molecule is C=C(c1ccc(N2CCCCCCC2C(=O)O)cc1Cl)c1ccccc1C(=O)NC. The van der Waals surface area contributed by atoms with Crippen LogP contribution in [0.25, 0.3) is 5.57 Å². The Bertz CT molecular complexity index is 957. The monoisotopic (exact) mass is 426 g/mol. The van der Waals surface area contributed by atoms with Gasteiger partial charge in [-0.25, -0.2) is 4.79 Å². The van der Waals surface area contributed by atoms with Gasteiger partial charge in [-0.3, -0.25) is 4.79 Å². The molecule has 2 N–H and O–H groups in total. The van der Waals surface area contributed by atoms with Crippen molar-refractivity contribution in [2.45, 2.75) is 38.1 Å². The van der Waals surface area contributed by atoms with E-state index in [-0.39, 0.29) is 5.91 Å². The van der Waals surface area contributed by atoms with Crippen molar-refractivity contribution >= 4 is 34.7 Å². The highest BCUT2D eigenvalue weighted by Gasteiger charge is 2.27. The molecule has 2 aromatic carbocycles. The number of carboxylic acid groups (broad SMARTS) is 1. The van der Waals surface area contributed by atoms with Crippen molar-refractivity contribution in [3.05, 3.63) is 70.8 Å². The predicted octanol–water partition coefficient (Wildman–Crippen LogP) is 4.98. The Morgan fingerprint density at radius 3 is 2.43 bits per heavy atom. The molecular formula is C24H27ClN2O3. The zero-order valence-corrected chi connectivity index (χ0v) is 17.9. The lowest BCUT2D eigenvalue weighted by Gasteiger charge is -2.33. The van der Waals surface area contributed by atoms with Gasteiger partial charge in [-0.1, -0.05) is 61.7 Å². The molecule has 158 valence electrons. The molecule has 2 aromatic rings. The molecule has 3 rings (SSSR count). The second-order valence-corrected chi connectivity index (χ2v) is 7.92. The summed E-state index contributed by atoms with van der Waals surface area (Å²) in [5, 5.41) is 12.9. The number of nitrogens with zero attached hydrogens (tertiary/aromatic N) is 1. The number of benzene rings is 2. The minimum atomic E-state index is -0.805. The van der Waals surface area contributed by atoms with Crippen LogP contribution < -0.4 is 10.2 Å². The molecule has 6 heteroatoms. The fourth-order valence-corrected chi connectivity index (χ4v) is 4.29. The van der Waals surface area contributed by atoms with Crippen molar-refractivity contribution in [2.75, 3.05) is 18.5 Å². The molecule has 0 radical (unpaired) electrons. The number of halogens is 1. The van der Waals surface area contributed by atoms with E-state index < -0.39 is 12.0 Å². The van der Waals surface area contributed by atoms with Crippen LogP contribution >= 0.6 is 11.6 Å². The first kappa shape index (κ1) is 21.9. The second-order valence-electron chi connectivity index (χ2n) is 7.52. The first-order valence-electron chi connectivity index (χ1n) is 10.2. The summed E-state index contributed by atoms with van der Waals surface area (Å²) in [6.45, 7) is 4.86. The Balaban J connectivity index is 1.94. The van der Waals surface area contributed by atoms with E-state index >= 15 is 0 Å². The number of hydrogen-bond acceptors (Lipinski definition) is 3. The van der Waals surface area contributed by atoms with Gasteiger partial charge in [-0.2, -0.15) is 0 Å². The summed E-state index contributed by atoms with van der Waals surface area (Å²) in [5.41, 5.74) is 3.40. The van der Waals surface area contributed by atoms with Crippen molar-refractivity contribution in [3.63, 3.8) is 0 Å². The first-order chi connectivity index (χ1) is 14.4. The standard InChI is InChI=1S/C24H27ClN2O3/c1-16(18-9-6-7-10-20(18)23(28)26-2)19-13-12-17(15-21(19)25)27-14-8-4-3-5-11-22(27)24(29)30/h6-7,9-10,12-13,15,22H,1,3-5,8,11,14H2,2H3,(H,26,28)(H,29,30). The summed E-state index contributed by atoms with van der Waals surface area (Å²) in [6, 6.07) is 12.3. The highest BCUT2D eigenvalue weighted by Crippen LogP contribution is 2.34. The molecule has 0 aliphatic carbocycles. The molecular weight excluding hydrogens is 400 g/mol. The van der Waals surface area contributed by atoms with E-state index in [2.05, 4.69) is 11.9 Å². The van der Waals surface area contributed by atoms with E-state index in [1.807, 2.05) is 35.2 Å². The van der Waals surface area contributed by atoms with Crippen LogP contribution in [0.1, 0.15) is 53.6 Å². The molecule has 5 nitrogen and oxygen atoms in total. The van der Waals surface area contributed by atoms with E-state index in [9.17, 15) is 14.7 Å². The third-order valence-electron chi connectivity index (χ3n) is 5.62. The van der Waals surface area contributed by atoms with E-state index in [0.29, 0.717) is 34.7 Å². The maximum atomic E-state index is 12.2. The van der Waals surface area contributed by atoms with E-state index in [4.69, 9.17) is 11.6 Å². The van der Waals surface area contributed by atoms with Crippen molar-refractivity contribution in [2.24, 2.45) is 0 Å². The van der Waals surface area contributed by atoms with Gasteiger partial charge in [0.25, 0.3) is 5.91 Å². The summed E-state index contributed by atoms with van der Waals surface area (Å²) in [6.07, 6.45) is 4.66. The topological polar surface area (TPSA) is 69.6 Å². The van der Waals surface area contributed by atoms with Crippen molar-refractivity contribution in [1.82, 2.24) is 5.32 Å². The Kier molecular flexibility index (Phi) is 7.16. The Labute approximate surface area is 182 Å². The summed E-state index contributed by atoms with van der Waals surface area (Å²) in [5.74, 6) is -0.995. The molecule has 1 aliphatic rings. The molecule has 1 heterocycles. The molecule has 1 fully saturated rings. The summed E-state index contributed by atoms with van der Waals surface area (Å²) in [7, 11) is 1.59. The number of hydrogen-bond donors (Lipinski definition) is 2. The Hall–Kier alpha value is -2.79. The maximum absolute atomic E-state index is 12.2. The quantitative estimate of drug-likeness (QED) is 0.707. The number of rotatable bonds is 5. The third-order valence-corrected chi connectivity index (χ3v) is 5.93. The molecule has 30 heavy (non-hydrogen) atoms. The van der Waals surface area contributed by atoms with Crippen molar-refractivity contribution in [1.29, 1.82) is 0 Å². The third kappa shape index (κ3) is 4.68. The zero-order valence-electron chi connectivity index (χ0n) is 17.2. The number of aliphatic carboxylic acids is 1. The van der Waals surface area contributed by atoms with Crippen LogP contribution in [0.4, 0.5) is 5.69 Å². The number of nitrogens with one attached hydrogen (secondary N) is 1. The van der Waals surface area contributed by atoms with Gasteiger partial charge in [0.2, 0.25) is 0 Å². The lowest BCUT2D eigenvalue weighted by Crippen LogP contribution is -2.42. The molecule has 0 bridgehead atoms. The van der Waals surface area contributed by atoms with Gasteiger partial charge in [-0.05, 0) is 42.2 Å². The number of carbonyl (C=O) groups is 2. The average Bonchev–Trinajstić information content (AvgIpc) is 2.72. The van der Waals surface area contributed by atoms with Gasteiger partial charge in [0.1, 0.15) is 6.04 Å². The van der Waals surface area contributed by atoms with Crippen LogP contribution in [0, 0.1) is 0 Å². The van der Waals surface area contributed by atoms with Gasteiger partial charge in [0.05, 0.1) is 5.02 Å². The fourth-order valence-electron chi connectivity index (χ4n) is 4.00. The lowest BCUT2D eigenvalue weighted by atomic mass is 9.94. The van der Waals surface area contributed by atoms with Gasteiger partial charge in [0.15, 0.2) is 0 Å². The minimum absolute atomic E-state index is 0.190. The van der Waals surface area contributed by atoms with E-state index in [1.54, 1.807) is 19.2 Å². The second kappa shape index (κ2) is 9.81. The lowest BCUT2D eigenvalue weighted by molar-refractivity contribution is -0.138. The largest absolute Gasteiger partial charge is 0.480 e. The molecule has 0 spiro atoms. The van der Waals surface area contributed by atoms with Crippen molar-refractivity contribution < 1.29 is 14.7 Å². The van der Waals surface area contributed by atoms with Gasteiger partial charge >= 0.3 is 5.97 Å². The number of carbonyl (C=O) groups excluding carboxylic acids is 1. The van der Waals surface area contributed by atoms with Crippen molar-refractivity contribution in [3.8, 4) is 0 Å². The summed E-state index contributed by atoms with van der Waals surface area (Å²) < 4.78 is 0. The van der Waals surface area contributed by atoms with Gasteiger partial charge in [0, 0.05) is 30.4 Å². The number of anilines is 1. The summed E-state index contributed by atoms with van der Waals surface area (Å²) in [4.78, 5) is 26.0. The molecule has 1 saturated heterocycles. The highest BCUT2D eigenvalue weighted by molar-refractivity contribution is 6.33. The van der Waals surface area contributed by atoms with Crippen LogP contribution in [0.5, 0.6) is 0 Å². The van der Waals surface area contributed by atoms with E-state index in [0.717, 1.165) is 36.9 Å². The fraction of sp³-hybridized carbons (Fsp3) is 0.333. The highest BCUT2D eigenvalue weighted by atomic mass is 35.5. The van der Waals surface area contributed by atoms with Crippen LogP contribution in [0.15, 0.2) is 49.0 Å². The molecule has 0 saturated carbocycles. The van der Waals surface area contributed by atoms with Crippen LogP contribution in [-0.2, 0) is 4.79 Å². The Morgan fingerprint density at radius 1 is 1.07 bits per heavy atom. The van der Waals surface area contributed by atoms with Crippen LogP contribution in [-0.4, -0.2) is 36.6 Å². The molecule has 1 unspecified atom stereocenters. The smallest absolute Gasteiger partial charge is 0.326 e. The predicted molar refractivity (Wildman–Crippen MR) is 121 cm³/mol. The van der Waals surface area contributed by atoms with E-state index in [1.165, 1.54) is 0 Å². The Morgan fingerprint density at radius 2 is 1.77 bits per heavy atom. The van der Waals surface area contributed by atoms with Crippen LogP contribution in [0.3, 0.4) is 0 Å². The zero-order chi connectivity index (χ0) is 21.7. The summed E-state index contributed by atoms with van der Waals surface area (Å²) >= 11 is 6.62. The van der Waals surface area contributed by atoms with Gasteiger partial charge < -0.3 is 15.3 Å². The number of carboxylic acids is 1. The van der Waals surface area contributed by atoms with Gasteiger partial charge in [-0.15, -0.1) is 0 Å². The molecule has 0 aromatic heterocycles. The normalized spacial score (nSPS) is 17.0. The first-order valence-corrected chi connectivity index (χ1v) is 10.6. The average molecular weight is 427 g/mol.